The fourth-order valence-corrected chi connectivity index (χ4v) is 1.85. The van der Waals surface area contributed by atoms with E-state index in [9.17, 15) is 0 Å². The van der Waals surface area contributed by atoms with E-state index in [0.29, 0.717) is 5.95 Å². The number of benzene rings is 1. The van der Waals surface area contributed by atoms with Gasteiger partial charge in [0.05, 0.1) is 7.11 Å². The van der Waals surface area contributed by atoms with Crippen molar-refractivity contribution in [3.05, 3.63) is 36.2 Å². The molecule has 0 aliphatic carbocycles. The molecule has 1 atom stereocenters. The molecule has 1 heterocycles. The summed E-state index contributed by atoms with van der Waals surface area (Å²) in [5, 5.41) is 3.21. The molecule has 0 aliphatic rings. The highest BCUT2D eigenvalue weighted by atomic mass is 16.5. The van der Waals surface area contributed by atoms with Crippen molar-refractivity contribution in [2.24, 2.45) is 0 Å². The van der Waals surface area contributed by atoms with E-state index >= 15 is 0 Å². The zero-order valence-electron chi connectivity index (χ0n) is 11.7. The summed E-state index contributed by atoms with van der Waals surface area (Å²) in [5.41, 5.74) is 6.79. The second-order valence-electron chi connectivity index (χ2n) is 4.60. The number of nitrogens with zero attached hydrogens (tertiary/aromatic N) is 3. The Morgan fingerprint density at radius 1 is 1.25 bits per heavy atom. The summed E-state index contributed by atoms with van der Waals surface area (Å²) in [6.45, 7) is 2.09. The first-order valence-corrected chi connectivity index (χ1v) is 6.51. The lowest BCUT2D eigenvalue weighted by Gasteiger charge is -2.13. The Hall–Kier alpha value is -2.37. The molecule has 0 fully saturated rings. The normalized spacial score (nSPS) is 11.9. The van der Waals surface area contributed by atoms with E-state index in [4.69, 9.17) is 10.5 Å². The largest absolute Gasteiger partial charge is 0.497 e. The standard InChI is InChI=1S/C14H19N5O/c1-10(18-14-17-9-16-13(15)19-14)3-4-11-5-7-12(20-2)8-6-11/h5-10H,3-4H2,1-2H3,(H3,15,16,17,18,19). The number of anilines is 2. The number of nitrogen functional groups attached to an aromatic ring is 1. The van der Waals surface area contributed by atoms with Crippen LogP contribution in [0.15, 0.2) is 30.6 Å². The molecule has 6 heteroatoms. The zero-order chi connectivity index (χ0) is 14.4. The fraction of sp³-hybridized carbons (Fsp3) is 0.357. The second kappa shape index (κ2) is 6.70. The fourth-order valence-electron chi connectivity index (χ4n) is 1.85. The van der Waals surface area contributed by atoms with Gasteiger partial charge in [-0.2, -0.15) is 4.98 Å². The SMILES string of the molecule is COc1ccc(CCC(C)Nc2ncnc(N)n2)cc1. The number of methoxy groups -OCH3 is 1. The van der Waals surface area contributed by atoms with Gasteiger partial charge in [0, 0.05) is 6.04 Å². The zero-order valence-corrected chi connectivity index (χ0v) is 11.7. The Kier molecular flexibility index (Phi) is 4.70. The maximum Gasteiger partial charge on any atom is 0.227 e. The molecule has 0 spiro atoms. The molecule has 3 N–H and O–H groups in total. The van der Waals surface area contributed by atoms with Gasteiger partial charge in [-0.05, 0) is 37.5 Å². The first-order chi connectivity index (χ1) is 9.67. The van der Waals surface area contributed by atoms with E-state index in [1.165, 1.54) is 11.9 Å². The molecule has 0 saturated heterocycles. The number of hydrogen-bond donors (Lipinski definition) is 2. The van der Waals surface area contributed by atoms with Crippen molar-refractivity contribution >= 4 is 11.9 Å². The van der Waals surface area contributed by atoms with Crippen LogP contribution in [0.25, 0.3) is 0 Å². The summed E-state index contributed by atoms with van der Waals surface area (Å²) in [7, 11) is 1.67. The van der Waals surface area contributed by atoms with Crippen molar-refractivity contribution in [1.29, 1.82) is 0 Å². The molecular weight excluding hydrogens is 254 g/mol. The number of aromatic nitrogens is 3. The molecule has 0 aliphatic heterocycles. The van der Waals surface area contributed by atoms with Crippen LogP contribution in [0.5, 0.6) is 5.75 Å². The average Bonchev–Trinajstić information content (AvgIpc) is 2.46. The summed E-state index contributed by atoms with van der Waals surface area (Å²) in [6.07, 6.45) is 3.34. The van der Waals surface area contributed by atoms with Crippen LogP contribution in [0.4, 0.5) is 11.9 Å². The third kappa shape index (κ3) is 4.08. The van der Waals surface area contributed by atoms with Crippen molar-refractivity contribution in [2.45, 2.75) is 25.8 Å². The molecule has 2 aromatic rings. The van der Waals surface area contributed by atoms with Crippen LogP contribution in [-0.4, -0.2) is 28.1 Å². The van der Waals surface area contributed by atoms with Crippen LogP contribution in [0.2, 0.25) is 0 Å². The molecule has 0 bridgehead atoms. The molecule has 2 rings (SSSR count). The monoisotopic (exact) mass is 273 g/mol. The maximum atomic E-state index is 5.51. The highest BCUT2D eigenvalue weighted by Gasteiger charge is 2.05. The topological polar surface area (TPSA) is 86.0 Å². The average molecular weight is 273 g/mol. The smallest absolute Gasteiger partial charge is 0.227 e. The lowest BCUT2D eigenvalue weighted by atomic mass is 10.1. The number of ether oxygens (including phenoxy) is 1. The molecule has 1 aromatic heterocycles. The van der Waals surface area contributed by atoms with Crippen LogP contribution in [0.3, 0.4) is 0 Å². The van der Waals surface area contributed by atoms with Crippen LogP contribution >= 0.6 is 0 Å². The Morgan fingerprint density at radius 3 is 2.65 bits per heavy atom. The van der Waals surface area contributed by atoms with Gasteiger partial charge in [0.25, 0.3) is 0 Å². The molecule has 0 radical (unpaired) electrons. The van der Waals surface area contributed by atoms with Gasteiger partial charge in [-0.3, -0.25) is 0 Å². The number of rotatable bonds is 6. The van der Waals surface area contributed by atoms with Gasteiger partial charge in [-0.15, -0.1) is 0 Å². The van der Waals surface area contributed by atoms with E-state index < -0.39 is 0 Å². The molecule has 106 valence electrons. The molecule has 1 unspecified atom stereocenters. The first-order valence-electron chi connectivity index (χ1n) is 6.51. The highest BCUT2D eigenvalue weighted by molar-refractivity contribution is 5.30. The van der Waals surface area contributed by atoms with Crippen molar-refractivity contribution in [1.82, 2.24) is 15.0 Å². The second-order valence-corrected chi connectivity index (χ2v) is 4.60. The van der Waals surface area contributed by atoms with E-state index in [1.54, 1.807) is 7.11 Å². The number of aryl methyl sites for hydroxylation is 1. The van der Waals surface area contributed by atoms with E-state index in [-0.39, 0.29) is 12.0 Å². The Balaban J connectivity index is 1.83. The molecule has 6 nitrogen and oxygen atoms in total. The first kappa shape index (κ1) is 14.0. The van der Waals surface area contributed by atoms with E-state index in [2.05, 4.69) is 39.3 Å². The Labute approximate surface area is 118 Å². The number of hydrogen-bond acceptors (Lipinski definition) is 6. The van der Waals surface area contributed by atoms with Gasteiger partial charge in [-0.1, -0.05) is 12.1 Å². The quantitative estimate of drug-likeness (QED) is 0.836. The predicted octanol–water partition coefficient (Wildman–Crippen LogP) is 1.90. The minimum Gasteiger partial charge on any atom is -0.497 e. The highest BCUT2D eigenvalue weighted by Crippen LogP contribution is 2.14. The van der Waals surface area contributed by atoms with Gasteiger partial charge in [0.2, 0.25) is 11.9 Å². The molecule has 0 saturated carbocycles. The number of nitrogens with one attached hydrogen (secondary N) is 1. The summed E-state index contributed by atoms with van der Waals surface area (Å²) < 4.78 is 5.14. The summed E-state index contributed by atoms with van der Waals surface area (Å²) in [6, 6.07) is 8.35. The third-order valence-electron chi connectivity index (χ3n) is 2.99. The van der Waals surface area contributed by atoms with Gasteiger partial charge < -0.3 is 15.8 Å². The molecule has 20 heavy (non-hydrogen) atoms. The number of nitrogens with two attached hydrogens (primary N) is 1. The minimum absolute atomic E-state index is 0.227. The lowest BCUT2D eigenvalue weighted by Crippen LogP contribution is -2.18. The van der Waals surface area contributed by atoms with Crippen molar-refractivity contribution < 1.29 is 4.74 Å². The van der Waals surface area contributed by atoms with E-state index in [1.807, 2.05) is 12.1 Å². The summed E-state index contributed by atoms with van der Waals surface area (Å²) in [4.78, 5) is 11.8. The van der Waals surface area contributed by atoms with Gasteiger partial charge in [-0.25, -0.2) is 9.97 Å². The summed E-state index contributed by atoms with van der Waals surface area (Å²) >= 11 is 0. The van der Waals surface area contributed by atoms with Crippen molar-refractivity contribution in [3.8, 4) is 5.75 Å². The van der Waals surface area contributed by atoms with Crippen LogP contribution in [-0.2, 0) is 6.42 Å². The third-order valence-corrected chi connectivity index (χ3v) is 2.99. The van der Waals surface area contributed by atoms with Crippen molar-refractivity contribution in [3.63, 3.8) is 0 Å². The van der Waals surface area contributed by atoms with Crippen LogP contribution in [0, 0.1) is 0 Å². The predicted molar refractivity (Wildman–Crippen MR) is 78.6 cm³/mol. The van der Waals surface area contributed by atoms with Gasteiger partial charge in [0.1, 0.15) is 12.1 Å². The van der Waals surface area contributed by atoms with Crippen LogP contribution < -0.4 is 15.8 Å². The molecular formula is C14H19N5O. The molecule has 1 aromatic carbocycles. The van der Waals surface area contributed by atoms with Crippen molar-refractivity contribution in [2.75, 3.05) is 18.2 Å². The summed E-state index contributed by atoms with van der Waals surface area (Å²) in [5.74, 6) is 1.62. The van der Waals surface area contributed by atoms with Crippen LogP contribution in [0.1, 0.15) is 18.9 Å². The minimum atomic E-state index is 0.227. The Morgan fingerprint density at radius 2 is 2.00 bits per heavy atom. The Bertz CT molecular complexity index is 544. The lowest BCUT2D eigenvalue weighted by molar-refractivity contribution is 0.414. The van der Waals surface area contributed by atoms with E-state index in [0.717, 1.165) is 18.6 Å². The maximum absolute atomic E-state index is 5.51. The van der Waals surface area contributed by atoms with Gasteiger partial charge >= 0.3 is 0 Å². The van der Waals surface area contributed by atoms with Gasteiger partial charge in [0.15, 0.2) is 0 Å². The molecule has 0 amide bonds.